The molecule has 1 N–H and O–H groups in total. The highest BCUT2D eigenvalue weighted by Gasteiger charge is 2.72. The first-order valence-electron chi connectivity index (χ1n) is 17.0. The highest BCUT2D eigenvalue weighted by Crippen LogP contribution is 2.77. The van der Waals surface area contributed by atoms with Gasteiger partial charge in [0, 0.05) is 38.5 Å². The molecule has 0 aromatic carbocycles. The third-order valence-corrected chi connectivity index (χ3v) is 15.1. The van der Waals surface area contributed by atoms with Gasteiger partial charge < -0.3 is 15.0 Å². The summed E-state index contributed by atoms with van der Waals surface area (Å²) < 4.78 is 5.95. The highest BCUT2D eigenvalue weighted by atomic mass is 16.5. The second-order valence-corrected chi connectivity index (χ2v) is 16.8. The first kappa shape index (κ1) is 29.7. The molecular weight excluding hydrogens is 508 g/mol. The Kier molecular flexibility index (Phi) is 7.12. The minimum atomic E-state index is -0.195. The maximum Gasteiger partial charge on any atom is 0.302 e. The van der Waals surface area contributed by atoms with Crippen LogP contribution in [0.15, 0.2) is 12.2 Å². The van der Waals surface area contributed by atoms with E-state index in [2.05, 4.69) is 58.3 Å². The molecule has 10 atom stereocenters. The molecule has 230 valence electrons. The lowest BCUT2D eigenvalue weighted by atomic mass is 9.32. The van der Waals surface area contributed by atoms with Gasteiger partial charge >= 0.3 is 5.97 Å². The van der Waals surface area contributed by atoms with Crippen LogP contribution in [0.1, 0.15) is 113 Å². The van der Waals surface area contributed by atoms with Crippen molar-refractivity contribution in [2.24, 2.45) is 56.7 Å². The van der Waals surface area contributed by atoms with Crippen LogP contribution in [-0.2, 0) is 14.3 Å². The van der Waals surface area contributed by atoms with Gasteiger partial charge in [0.2, 0.25) is 5.91 Å². The van der Waals surface area contributed by atoms with Crippen LogP contribution in [0.5, 0.6) is 0 Å². The van der Waals surface area contributed by atoms with E-state index in [4.69, 9.17) is 4.74 Å². The summed E-state index contributed by atoms with van der Waals surface area (Å²) in [7, 11) is 0. The number of hydrogen-bond donors (Lipinski definition) is 1. The van der Waals surface area contributed by atoms with Crippen LogP contribution < -0.4 is 5.32 Å². The summed E-state index contributed by atoms with van der Waals surface area (Å²) in [5.41, 5.74) is 1.86. The third kappa shape index (κ3) is 4.02. The van der Waals surface area contributed by atoms with Crippen LogP contribution in [0.3, 0.4) is 0 Å². The van der Waals surface area contributed by atoms with Gasteiger partial charge in [-0.25, -0.2) is 0 Å². The molecule has 0 radical (unpaired) electrons. The maximum absolute atomic E-state index is 14.5. The van der Waals surface area contributed by atoms with Gasteiger partial charge in [0.25, 0.3) is 0 Å². The number of allylic oxidation sites excluding steroid dienone is 1. The van der Waals surface area contributed by atoms with Crippen molar-refractivity contribution in [1.82, 2.24) is 10.2 Å². The molecule has 0 bridgehead atoms. The zero-order valence-electron chi connectivity index (χ0n) is 27.2. The van der Waals surface area contributed by atoms with Crippen molar-refractivity contribution in [3.8, 4) is 0 Å². The van der Waals surface area contributed by atoms with Gasteiger partial charge in [-0.15, -0.1) is 0 Å². The summed E-state index contributed by atoms with van der Waals surface area (Å²) >= 11 is 0. The Balaban J connectivity index is 1.35. The third-order valence-electron chi connectivity index (χ3n) is 15.1. The molecule has 5 nitrogen and oxygen atoms in total. The summed E-state index contributed by atoms with van der Waals surface area (Å²) in [5.74, 6) is 3.07. The van der Waals surface area contributed by atoms with Crippen LogP contribution in [0.4, 0.5) is 0 Å². The van der Waals surface area contributed by atoms with E-state index in [1.165, 1.54) is 37.7 Å². The second-order valence-electron chi connectivity index (χ2n) is 16.8. The Morgan fingerprint density at radius 1 is 0.805 bits per heavy atom. The average Bonchev–Trinajstić information content (AvgIpc) is 3.32. The van der Waals surface area contributed by atoms with Crippen molar-refractivity contribution in [2.75, 3.05) is 26.2 Å². The molecule has 5 saturated carbocycles. The second kappa shape index (κ2) is 9.83. The fraction of sp³-hybridized carbons (Fsp3) is 0.889. The van der Waals surface area contributed by atoms with Gasteiger partial charge in [0.1, 0.15) is 6.10 Å². The van der Waals surface area contributed by atoms with Crippen molar-refractivity contribution in [3.05, 3.63) is 12.2 Å². The first-order chi connectivity index (χ1) is 19.2. The molecule has 41 heavy (non-hydrogen) atoms. The SMILES string of the molecule is C=C(C)[C@@H]1CC[C@]2(C(=O)N3CCNCC3)CC[C@]3(C)[C@H](CC[C@@H]4[C@@]5(C)CC[C@H](OC(C)=O)C(C)(C)[C@@H]5CC[C@]43C)[C@@H]12. The summed E-state index contributed by atoms with van der Waals surface area (Å²) in [6, 6.07) is 0. The number of hydrogen-bond acceptors (Lipinski definition) is 4. The number of nitrogens with one attached hydrogen (secondary N) is 1. The Bertz CT molecular complexity index is 1090. The van der Waals surface area contributed by atoms with Crippen molar-refractivity contribution < 1.29 is 14.3 Å². The smallest absolute Gasteiger partial charge is 0.302 e. The van der Waals surface area contributed by atoms with Crippen LogP contribution in [0, 0.1) is 56.7 Å². The van der Waals surface area contributed by atoms with E-state index in [0.717, 1.165) is 58.3 Å². The lowest BCUT2D eigenvalue weighted by molar-refractivity contribution is -0.249. The largest absolute Gasteiger partial charge is 0.462 e. The van der Waals surface area contributed by atoms with Crippen molar-refractivity contribution in [1.29, 1.82) is 0 Å². The van der Waals surface area contributed by atoms with E-state index in [9.17, 15) is 9.59 Å². The first-order valence-corrected chi connectivity index (χ1v) is 17.0. The van der Waals surface area contributed by atoms with E-state index in [1.54, 1.807) is 6.92 Å². The van der Waals surface area contributed by atoms with Crippen molar-refractivity contribution >= 4 is 11.9 Å². The molecule has 1 heterocycles. The monoisotopic (exact) mass is 566 g/mol. The zero-order chi connectivity index (χ0) is 29.6. The number of amides is 1. The summed E-state index contributed by atoms with van der Waals surface area (Å²) in [6.07, 6.45) is 11.6. The number of nitrogens with zero attached hydrogens (tertiary/aromatic N) is 1. The minimum Gasteiger partial charge on any atom is -0.462 e. The molecule has 0 unspecified atom stereocenters. The summed E-state index contributed by atoms with van der Waals surface area (Å²) in [4.78, 5) is 28.7. The number of ether oxygens (including phenoxy) is 1. The molecule has 5 heteroatoms. The number of esters is 1. The Hall–Kier alpha value is -1.36. The Morgan fingerprint density at radius 2 is 1.51 bits per heavy atom. The molecule has 6 fully saturated rings. The number of rotatable bonds is 3. The van der Waals surface area contributed by atoms with Crippen LogP contribution in [0.2, 0.25) is 0 Å². The van der Waals surface area contributed by atoms with E-state index < -0.39 is 0 Å². The molecule has 5 aliphatic carbocycles. The van der Waals surface area contributed by atoms with Crippen molar-refractivity contribution in [2.45, 2.75) is 119 Å². The van der Waals surface area contributed by atoms with Gasteiger partial charge in [-0.3, -0.25) is 9.59 Å². The molecule has 0 aromatic rings. The normalized spacial score (nSPS) is 48.7. The number of carbonyl (C=O) groups excluding carboxylic acids is 2. The van der Waals surface area contributed by atoms with Gasteiger partial charge in [0.15, 0.2) is 0 Å². The summed E-state index contributed by atoms with van der Waals surface area (Å²) in [5, 5.41) is 3.46. The van der Waals surface area contributed by atoms with Gasteiger partial charge in [-0.05, 0) is 117 Å². The number of fused-ring (bicyclic) bond motifs is 7. The number of carbonyl (C=O) groups is 2. The molecule has 1 saturated heterocycles. The standard InChI is InChI=1S/C36H58N2O3/c1-23(2)25-11-16-36(31(40)38-21-19-37-20-22-38)18-17-34(7)26(30(25)36)9-10-28-33(6)14-13-29(41-24(3)39)32(4,5)27(33)12-15-35(28,34)8/h25-30,37H,1,9-22H2,2-8H3/t25-,26+,27-,28+,29-,30+,33-,34+,35+,36-/m0/s1. The minimum absolute atomic E-state index is 0.00824. The van der Waals surface area contributed by atoms with E-state index in [0.29, 0.717) is 35.5 Å². The van der Waals surface area contributed by atoms with Gasteiger partial charge in [0.05, 0.1) is 5.41 Å². The van der Waals surface area contributed by atoms with E-state index in [1.807, 2.05) is 0 Å². The van der Waals surface area contributed by atoms with Crippen LogP contribution >= 0.6 is 0 Å². The molecular formula is C36H58N2O3. The fourth-order valence-electron chi connectivity index (χ4n) is 13.1. The lowest BCUT2D eigenvalue weighted by Gasteiger charge is -2.73. The van der Waals surface area contributed by atoms with Gasteiger partial charge in [-0.1, -0.05) is 46.8 Å². The quantitative estimate of drug-likeness (QED) is 0.295. The molecule has 6 rings (SSSR count). The van der Waals surface area contributed by atoms with Crippen LogP contribution in [-0.4, -0.2) is 49.1 Å². The molecule has 1 amide bonds. The molecule has 6 aliphatic rings. The van der Waals surface area contributed by atoms with Gasteiger partial charge in [-0.2, -0.15) is 0 Å². The number of piperazine rings is 1. The predicted molar refractivity (Wildman–Crippen MR) is 164 cm³/mol. The molecule has 0 aromatic heterocycles. The maximum atomic E-state index is 14.5. The van der Waals surface area contributed by atoms with Crippen LogP contribution in [0.25, 0.3) is 0 Å². The summed E-state index contributed by atoms with van der Waals surface area (Å²) in [6.45, 7) is 24.6. The van der Waals surface area contributed by atoms with E-state index >= 15 is 0 Å². The zero-order valence-corrected chi connectivity index (χ0v) is 27.2. The predicted octanol–water partition coefficient (Wildman–Crippen LogP) is 7.01. The lowest BCUT2D eigenvalue weighted by Crippen LogP contribution is -2.67. The average molecular weight is 567 g/mol. The fourth-order valence-corrected chi connectivity index (χ4v) is 13.1. The Morgan fingerprint density at radius 3 is 2.17 bits per heavy atom. The van der Waals surface area contributed by atoms with E-state index in [-0.39, 0.29) is 39.1 Å². The highest BCUT2D eigenvalue weighted by molar-refractivity contribution is 5.84. The topological polar surface area (TPSA) is 58.6 Å². The molecule has 1 aliphatic heterocycles. The Labute approximate surface area is 250 Å². The molecule has 0 spiro atoms. The van der Waals surface area contributed by atoms with Crippen molar-refractivity contribution in [3.63, 3.8) is 0 Å².